The summed E-state index contributed by atoms with van der Waals surface area (Å²) in [7, 11) is 0. The minimum Gasteiger partial charge on any atom is -0.492 e. The number of fused-ring (bicyclic) bond motifs is 1. The number of hydrogen-bond donors (Lipinski definition) is 0. The van der Waals surface area contributed by atoms with Gasteiger partial charge in [-0.05, 0) is 18.2 Å². The molecule has 0 saturated carbocycles. The third kappa shape index (κ3) is 2.41. The van der Waals surface area contributed by atoms with Crippen LogP contribution >= 0.6 is 15.9 Å². The van der Waals surface area contributed by atoms with Gasteiger partial charge in [-0.15, -0.1) is 0 Å². The number of nitrogens with zero attached hydrogens (tertiary/aromatic N) is 1. The van der Waals surface area contributed by atoms with Crippen LogP contribution in [0.1, 0.15) is 5.56 Å². The molecule has 1 heterocycles. The second-order valence-corrected chi connectivity index (χ2v) is 4.13. The second kappa shape index (κ2) is 5.18. The molecule has 1 aliphatic heterocycles. The van der Waals surface area contributed by atoms with Gasteiger partial charge in [-0.2, -0.15) is 0 Å². The highest BCUT2D eigenvalue weighted by atomic mass is 79.9. The Morgan fingerprint density at radius 3 is 3.06 bits per heavy atom. The van der Waals surface area contributed by atoms with Crippen LogP contribution in [0.3, 0.4) is 0 Å². The van der Waals surface area contributed by atoms with Crippen molar-refractivity contribution < 1.29 is 14.4 Å². The van der Waals surface area contributed by atoms with Gasteiger partial charge in [0.1, 0.15) is 12.4 Å². The van der Waals surface area contributed by atoms with E-state index in [1.807, 2.05) is 0 Å². The largest absolute Gasteiger partial charge is 0.492 e. The molecule has 5 nitrogen and oxygen atoms in total. The van der Waals surface area contributed by atoms with E-state index in [1.54, 1.807) is 18.2 Å². The Kier molecular flexibility index (Phi) is 3.63. The van der Waals surface area contributed by atoms with Crippen molar-refractivity contribution in [1.29, 1.82) is 0 Å². The smallest absolute Gasteiger partial charge is 0.311 e. The summed E-state index contributed by atoms with van der Waals surface area (Å²) in [6.45, 7) is 0.841. The van der Waals surface area contributed by atoms with E-state index < -0.39 is 4.92 Å². The van der Waals surface area contributed by atoms with Gasteiger partial charge < -0.3 is 9.47 Å². The van der Waals surface area contributed by atoms with Crippen molar-refractivity contribution >= 4 is 27.7 Å². The molecule has 1 aliphatic rings. The first-order valence-electron chi connectivity index (χ1n) is 5.03. The Morgan fingerprint density at radius 1 is 1.53 bits per heavy atom. The van der Waals surface area contributed by atoms with Crippen LogP contribution in [-0.2, 0) is 0 Å². The fourth-order valence-electron chi connectivity index (χ4n) is 1.60. The first-order chi connectivity index (χ1) is 8.24. The van der Waals surface area contributed by atoms with Gasteiger partial charge in [0.2, 0.25) is 5.75 Å². The molecule has 0 fully saturated rings. The summed E-state index contributed by atoms with van der Waals surface area (Å²) >= 11 is 3.26. The number of alkyl halides is 1. The number of halogens is 1. The zero-order valence-electron chi connectivity index (χ0n) is 8.89. The lowest BCUT2D eigenvalue weighted by molar-refractivity contribution is -0.385. The van der Waals surface area contributed by atoms with Crippen molar-refractivity contribution in [2.75, 3.05) is 18.5 Å². The minimum absolute atomic E-state index is 0.0319. The van der Waals surface area contributed by atoms with E-state index in [9.17, 15) is 10.1 Å². The van der Waals surface area contributed by atoms with Crippen molar-refractivity contribution in [2.24, 2.45) is 0 Å². The van der Waals surface area contributed by atoms with Crippen LogP contribution < -0.4 is 9.47 Å². The van der Waals surface area contributed by atoms with E-state index in [1.165, 1.54) is 6.07 Å². The van der Waals surface area contributed by atoms with Crippen molar-refractivity contribution in [3.8, 4) is 11.5 Å². The number of nitro groups is 1. The zero-order chi connectivity index (χ0) is 12.3. The molecule has 0 spiro atoms. The molecule has 2 rings (SSSR count). The van der Waals surface area contributed by atoms with Crippen molar-refractivity contribution in [1.82, 2.24) is 0 Å². The third-order valence-corrected chi connectivity index (χ3v) is 2.60. The summed E-state index contributed by atoms with van der Waals surface area (Å²) in [5, 5.41) is 11.5. The summed E-state index contributed by atoms with van der Waals surface area (Å²) in [6.07, 6.45) is 3.59. The standard InChI is InChI=1S/C11H10BrNO4/c12-5-7-16-10-4-3-9(13(14)15)11-8(10)2-1-6-17-11/h1-4H,5-7H2. The van der Waals surface area contributed by atoms with E-state index in [4.69, 9.17) is 9.47 Å². The molecule has 90 valence electrons. The van der Waals surface area contributed by atoms with E-state index in [-0.39, 0.29) is 11.4 Å². The van der Waals surface area contributed by atoms with Crippen LogP contribution in [0.15, 0.2) is 18.2 Å². The lowest BCUT2D eigenvalue weighted by Gasteiger charge is -2.16. The first kappa shape index (κ1) is 11.9. The summed E-state index contributed by atoms with van der Waals surface area (Å²) < 4.78 is 10.8. The summed E-state index contributed by atoms with van der Waals surface area (Å²) in [5.41, 5.74) is 0.599. The van der Waals surface area contributed by atoms with Crippen LogP contribution in [0.5, 0.6) is 11.5 Å². The summed E-state index contributed by atoms with van der Waals surface area (Å²) in [4.78, 5) is 10.4. The molecule has 17 heavy (non-hydrogen) atoms. The molecule has 0 saturated heterocycles. The van der Waals surface area contributed by atoms with Gasteiger partial charge >= 0.3 is 5.69 Å². The maximum Gasteiger partial charge on any atom is 0.311 e. The topological polar surface area (TPSA) is 61.6 Å². The number of benzene rings is 1. The fraction of sp³-hybridized carbons (Fsp3) is 0.273. The van der Waals surface area contributed by atoms with E-state index >= 15 is 0 Å². The summed E-state index contributed by atoms with van der Waals surface area (Å²) in [6, 6.07) is 3.00. The highest BCUT2D eigenvalue weighted by Gasteiger charge is 2.23. The second-order valence-electron chi connectivity index (χ2n) is 3.33. The molecule has 1 aromatic carbocycles. The van der Waals surface area contributed by atoms with Crippen molar-refractivity contribution in [2.45, 2.75) is 0 Å². The Bertz CT molecular complexity index is 473. The molecule has 0 bridgehead atoms. The number of nitro benzene ring substituents is 1. The minimum atomic E-state index is -0.452. The maximum absolute atomic E-state index is 10.9. The van der Waals surface area contributed by atoms with Crippen LogP contribution in [0.4, 0.5) is 5.69 Å². The quantitative estimate of drug-likeness (QED) is 0.487. The molecule has 0 unspecified atom stereocenters. The normalized spacial score (nSPS) is 12.8. The highest BCUT2D eigenvalue weighted by molar-refractivity contribution is 9.09. The molecule has 0 amide bonds. The predicted octanol–water partition coefficient (Wildman–Crippen LogP) is 2.77. The van der Waals surface area contributed by atoms with Crippen LogP contribution in [-0.4, -0.2) is 23.5 Å². The molecular weight excluding hydrogens is 290 g/mol. The van der Waals surface area contributed by atoms with Gasteiger partial charge in [0, 0.05) is 11.4 Å². The number of ether oxygens (including phenoxy) is 2. The highest BCUT2D eigenvalue weighted by Crippen LogP contribution is 2.39. The molecule has 0 radical (unpaired) electrons. The monoisotopic (exact) mass is 299 g/mol. The van der Waals surface area contributed by atoms with Crippen molar-refractivity contribution in [3.05, 3.63) is 33.9 Å². The zero-order valence-corrected chi connectivity index (χ0v) is 10.5. The average Bonchev–Trinajstić information content (AvgIpc) is 2.35. The van der Waals surface area contributed by atoms with E-state index in [0.717, 1.165) is 0 Å². The average molecular weight is 300 g/mol. The molecule has 1 aromatic rings. The molecule has 0 N–H and O–H groups in total. The molecule has 0 aliphatic carbocycles. The van der Waals surface area contributed by atoms with Gasteiger partial charge in [-0.3, -0.25) is 10.1 Å². The van der Waals surface area contributed by atoms with Gasteiger partial charge in [0.25, 0.3) is 0 Å². The van der Waals surface area contributed by atoms with Crippen LogP contribution in [0.2, 0.25) is 0 Å². The Labute approximate surface area is 106 Å². The SMILES string of the molecule is O=[N+]([O-])c1ccc(OCCBr)c2c1OCC=C2. The summed E-state index contributed by atoms with van der Waals surface area (Å²) in [5.74, 6) is 0.880. The third-order valence-electron chi connectivity index (χ3n) is 2.28. The van der Waals surface area contributed by atoms with Gasteiger partial charge in [-0.1, -0.05) is 15.9 Å². The van der Waals surface area contributed by atoms with Crippen molar-refractivity contribution in [3.63, 3.8) is 0 Å². The van der Waals surface area contributed by atoms with Crippen LogP contribution in [0.25, 0.3) is 6.08 Å². The lowest BCUT2D eigenvalue weighted by atomic mass is 10.1. The Morgan fingerprint density at radius 2 is 2.35 bits per heavy atom. The lowest BCUT2D eigenvalue weighted by Crippen LogP contribution is -2.07. The van der Waals surface area contributed by atoms with E-state index in [0.29, 0.717) is 29.9 Å². The molecule has 6 heteroatoms. The van der Waals surface area contributed by atoms with Gasteiger partial charge in [0.15, 0.2) is 0 Å². The predicted molar refractivity (Wildman–Crippen MR) is 66.9 cm³/mol. The molecule has 0 aromatic heterocycles. The van der Waals surface area contributed by atoms with Gasteiger partial charge in [0.05, 0.1) is 17.1 Å². The number of hydrogen-bond acceptors (Lipinski definition) is 4. The Balaban J connectivity index is 2.45. The molecule has 0 atom stereocenters. The Hall–Kier alpha value is -1.56. The first-order valence-corrected chi connectivity index (χ1v) is 6.15. The maximum atomic E-state index is 10.9. The fourth-order valence-corrected chi connectivity index (χ4v) is 1.76. The van der Waals surface area contributed by atoms with Gasteiger partial charge in [-0.25, -0.2) is 0 Å². The van der Waals surface area contributed by atoms with Crippen LogP contribution in [0, 0.1) is 10.1 Å². The van der Waals surface area contributed by atoms with E-state index in [2.05, 4.69) is 15.9 Å². The number of rotatable bonds is 4. The molecular formula is C11H10BrNO4.